The van der Waals surface area contributed by atoms with Crippen molar-refractivity contribution >= 4 is 39.8 Å². The Morgan fingerprint density at radius 1 is 1.09 bits per heavy atom. The molecule has 4 amide bonds. The molecule has 5 rings (SSSR count). The topological polar surface area (TPSA) is 177 Å². The van der Waals surface area contributed by atoms with Gasteiger partial charge in [0.25, 0.3) is 5.91 Å². The van der Waals surface area contributed by atoms with Crippen molar-refractivity contribution in [3.63, 3.8) is 0 Å². The van der Waals surface area contributed by atoms with Gasteiger partial charge in [-0.05, 0) is 82.4 Å². The molecule has 13 nitrogen and oxygen atoms in total. The van der Waals surface area contributed by atoms with Crippen LogP contribution in [0.25, 0.3) is 0 Å². The fourth-order valence-corrected chi connectivity index (χ4v) is 8.46. The van der Waals surface area contributed by atoms with Gasteiger partial charge in [0.1, 0.15) is 41.0 Å². The van der Waals surface area contributed by atoms with Crippen LogP contribution in [0.4, 0.5) is 26.7 Å². The molecule has 4 aliphatic rings. The highest BCUT2D eigenvalue weighted by Crippen LogP contribution is 2.48. The molecule has 0 spiro atoms. The number of alkyl carbamates (subject to hydrolysis) is 1. The first-order chi connectivity index (χ1) is 25.5. The van der Waals surface area contributed by atoms with Crippen molar-refractivity contribution in [2.75, 3.05) is 13.2 Å². The number of amides is 4. The number of nitrogens with one attached hydrogen (secondary N) is 3. The number of nitrogens with zero attached hydrogens (tertiary/aromatic N) is 1. The molecule has 2 saturated carbocycles. The Morgan fingerprint density at radius 3 is 2.40 bits per heavy atom. The highest BCUT2D eigenvalue weighted by molar-refractivity contribution is 7.91. The summed E-state index contributed by atoms with van der Waals surface area (Å²) in [6, 6.07) is 1.48. The van der Waals surface area contributed by atoms with Crippen LogP contribution in [0, 0.1) is 23.6 Å². The summed E-state index contributed by atoms with van der Waals surface area (Å²) in [5.74, 6) is -6.30. The highest BCUT2D eigenvalue weighted by Gasteiger charge is 2.64. The number of esters is 1. The number of ether oxygens (including phenoxy) is 2. The van der Waals surface area contributed by atoms with E-state index >= 15 is 0 Å². The van der Waals surface area contributed by atoms with Crippen LogP contribution in [-0.4, -0.2) is 96.6 Å². The molecule has 0 bridgehead atoms. The predicted octanol–water partition coefficient (Wildman–Crippen LogP) is 4.22. The zero-order valence-electron chi connectivity index (χ0n) is 30.7. The SMILES string of the molecule is C[C@@H]1CC/C=C\C2C[C@@]2(C(=O)NS(=O)(=O)C2(CF)CC2)NC(=O)[C@@H]2C[C@@H](OC(=O)c3cccc(F)c3)CN2C(=O)[C@@H](NC(=O)OC(C)(C)C(F)(F)F)[C@H](C)C1. The molecule has 2 aliphatic carbocycles. The Hall–Kier alpha value is -4.29. The quantitative estimate of drug-likeness (QED) is 0.197. The average Bonchev–Trinajstić information content (AvgIpc) is 3.99. The fraction of sp³-hybridized carbons (Fsp3) is 0.639. The summed E-state index contributed by atoms with van der Waals surface area (Å²) >= 11 is 0. The minimum absolute atomic E-state index is 0.00324. The monoisotopic (exact) mass is 804 g/mol. The lowest BCUT2D eigenvalue weighted by molar-refractivity contribution is -0.244. The summed E-state index contributed by atoms with van der Waals surface area (Å²) in [4.78, 5) is 69.4. The van der Waals surface area contributed by atoms with Gasteiger partial charge < -0.3 is 25.0 Å². The third-order valence-electron chi connectivity index (χ3n) is 10.9. The standard InChI is InChI=1S/C36H45F5N4O9S/c1-20-8-5-6-10-23-17-35(23,31(49)44-55(51,52)34(19-37)12-13-34)43-28(46)26-16-25(53-30(48)22-9-7-11-24(38)15-22)18-45(26)29(47)27(21(2)14-20)42-32(50)54-33(3,4)36(39,40)41/h6-7,9-11,15,20-21,23,25-27H,5,8,12-14,16-19H2,1-4H3,(H,42,50)(H,43,46)(H,44,49)/b10-6-/t20-,21-,23?,25-,26+,27+,35-/m1/s1. The van der Waals surface area contributed by atoms with Gasteiger partial charge in [0.15, 0.2) is 0 Å². The lowest BCUT2D eigenvalue weighted by Crippen LogP contribution is -2.60. The lowest BCUT2D eigenvalue weighted by Gasteiger charge is -2.34. The van der Waals surface area contributed by atoms with Crippen molar-refractivity contribution in [1.29, 1.82) is 0 Å². The number of carbonyl (C=O) groups is 5. The number of carbonyl (C=O) groups excluding carboxylic acids is 5. The summed E-state index contributed by atoms with van der Waals surface area (Å²) in [5, 5.41) is 4.86. The van der Waals surface area contributed by atoms with E-state index < -0.39 is 111 Å². The maximum Gasteiger partial charge on any atom is 0.427 e. The summed E-state index contributed by atoms with van der Waals surface area (Å²) in [6.45, 7) is 3.03. The van der Waals surface area contributed by atoms with E-state index in [2.05, 4.69) is 10.6 Å². The molecule has 1 aromatic carbocycles. The van der Waals surface area contributed by atoms with Crippen LogP contribution in [0.5, 0.6) is 0 Å². The number of rotatable bonds is 8. The van der Waals surface area contributed by atoms with Gasteiger partial charge in [-0.2, -0.15) is 13.2 Å². The molecule has 1 unspecified atom stereocenters. The summed E-state index contributed by atoms with van der Waals surface area (Å²) in [6.07, 6.45) is -3.47. The van der Waals surface area contributed by atoms with Gasteiger partial charge >= 0.3 is 18.2 Å². The number of hydrogen-bond donors (Lipinski definition) is 3. The smallest absolute Gasteiger partial charge is 0.427 e. The Bertz CT molecular complexity index is 1840. The number of alkyl halides is 4. The molecule has 1 aromatic rings. The largest absolute Gasteiger partial charge is 0.457 e. The molecule has 3 fully saturated rings. The third kappa shape index (κ3) is 8.91. The minimum Gasteiger partial charge on any atom is -0.457 e. The van der Waals surface area contributed by atoms with Crippen molar-refractivity contribution in [1.82, 2.24) is 20.3 Å². The van der Waals surface area contributed by atoms with E-state index in [4.69, 9.17) is 9.47 Å². The molecular weight excluding hydrogens is 759 g/mol. The van der Waals surface area contributed by atoms with Crippen molar-refractivity contribution in [2.45, 2.75) is 113 Å². The molecule has 19 heteroatoms. The van der Waals surface area contributed by atoms with Gasteiger partial charge in [0, 0.05) is 12.3 Å². The Morgan fingerprint density at radius 2 is 1.78 bits per heavy atom. The van der Waals surface area contributed by atoms with E-state index in [0.717, 1.165) is 17.0 Å². The van der Waals surface area contributed by atoms with E-state index in [1.807, 2.05) is 11.6 Å². The average molecular weight is 805 g/mol. The number of benzene rings is 1. The van der Waals surface area contributed by atoms with Gasteiger partial charge in [0.2, 0.25) is 27.4 Å². The Labute approximate surface area is 315 Å². The van der Waals surface area contributed by atoms with Crippen LogP contribution in [0.15, 0.2) is 36.4 Å². The minimum atomic E-state index is -4.96. The molecule has 7 atom stereocenters. The summed E-state index contributed by atoms with van der Waals surface area (Å²) < 4.78 is 105. The predicted molar refractivity (Wildman–Crippen MR) is 185 cm³/mol. The van der Waals surface area contributed by atoms with E-state index in [1.54, 1.807) is 19.1 Å². The highest BCUT2D eigenvalue weighted by atomic mass is 32.2. The second kappa shape index (κ2) is 15.3. The molecule has 304 valence electrons. The maximum absolute atomic E-state index is 14.5. The normalized spacial score (nSPS) is 30.3. The van der Waals surface area contributed by atoms with Crippen LogP contribution in [0.1, 0.15) is 83.0 Å². The second-order valence-corrected chi connectivity index (χ2v) is 17.7. The molecule has 3 N–H and O–H groups in total. The first-order valence-corrected chi connectivity index (χ1v) is 19.5. The molecule has 2 aliphatic heterocycles. The molecule has 55 heavy (non-hydrogen) atoms. The van der Waals surface area contributed by atoms with Crippen molar-refractivity contribution in [3.05, 3.63) is 47.8 Å². The maximum atomic E-state index is 14.5. The molecule has 0 radical (unpaired) electrons. The number of allylic oxidation sites excluding steroid dienone is 1. The number of fused-ring (bicyclic) bond motifs is 2. The molecule has 0 aromatic heterocycles. The Balaban J connectivity index is 1.49. The van der Waals surface area contributed by atoms with Gasteiger partial charge in [-0.15, -0.1) is 0 Å². The van der Waals surface area contributed by atoms with Crippen molar-refractivity contribution in [2.24, 2.45) is 17.8 Å². The lowest BCUT2D eigenvalue weighted by atomic mass is 9.88. The fourth-order valence-electron chi connectivity index (χ4n) is 7.03. The summed E-state index contributed by atoms with van der Waals surface area (Å²) in [7, 11) is -4.50. The molecule has 1 saturated heterocycles. The molecule has 2 heterocycles. The van der Waals surface area contributed by atoms with Crippen LogP contribution >= 0.6 is 0 Å². The first-order valence-electron chi connectivity index (χ1n) is 18.0. The first kappa shape index (κ1) is 41.9. The van der Waals surface area contributed by atoms with Gasteiger partial charge in [-0.25, -0.2) is 26.8 Å². The van der Waals surface area contributed by atoms with Gasteiger partial charge in [-0.3, -0.25) is 19.1 Å². The van der Waals surface area contributed by atoms with Crippen molar-refractivity contribution in [3.8, 4) is 0 Å². The third-order valence-corrected chi connectivity index (χ3v) is 13.0. The van der Waals surface area contributed by atoms with Gasteiger partial charge in [0.05, 0.1) is 12.1 Å². The van der Waals surface area contributed by atoms with Crippen LogP contribution in [0.2, 0.25) is 0 Å². The molecular formula is C36H45F5N4O9S. The van der Waals surface area contributed by atoms with E-state index in [1.165, 1.54) is 12.1 Å². The van der Waals surface area contributed by atoms with Crippen LogP contribution in [0.3, 0.4) is 0 Å². The summed E-state index contributed by atoms with van der Waals surface area (Å²) in [5.41, 5.74) is -4.95. The zero-order valence-corrected chi connectivity index (χ0v) is 31.5. The number of sulfonamides is 1. The zero-order chi connectivity index (χ0) is 40.7. The van der Waals surface area contributed by atoms with Crippen LogP contribution < -0.4 is 15.4 Å². The number of halogens is 5. The van der Waals surface area contributed by atoms with E-state index in [-0.39, 0.29) is 43.6 Å². The van der Waals surface area contributed by atoms with Crippen LogP contribution in [-0.2, 0) is 33.9 Å². The van der Waals surface area contributed by atoms with E-state index in [9.17, 15) is 54.3 Å². The van der Waals surface area contributed by atoms with E-state index in [0.29, 0.717) is 26.7 Å². The van der Waals surface area contributed by atoms with Gasteiger partial charge in [-0.1, -0.05) is 32.1 Å². The number of hydrogen-bond acceptors (Lipinski definition) is 9. The van der Waals surface area contributed by atoms with Crippen molar-refractivity contribution < 1.29 is 63.8 Å². The second-order valence-electron chi connectivity index (χ2n) is 15.6. The Kier molecular flexibility index (Phi) is 11.7.